The fourth-order valence-electron chi connectivity index (χ4n) is 3.65. The van der Waals surface area contributed by atoms with Crippen LogP contribution in [0.4, 0.5) is 0 Å². The minimum atomic E-state index is -3.18. The molecule has 0 aliphatic carbocycles. The molecule has 4 rings (SSSR count). The molecule has 1 atom stereocenters. The van der Waals surface area contributed by atoms with Gasteiger partial charge in [0.05, 0.1) is 0 Å². The van der Waals surface area contributed by atoms with Gasteiger partial charge in [-0.15, -0.1) is 0 Å². The number of sulfonamides is 1. The van der Waals surface area contributed by atoms with Crippen LogP contribution in [0.1, 0.15) is 22.4 Å². The van der Waals surface area contributed by atoms with Gasteiger partial charge in [-0.25, -0.2) is 0 Å². The van der Waals surface area contributed by atoms with Gasteiger partial charge in [-0.1, -0.05) is 0 Å². The van der Waals surface area contributed by atoms with E-state index in [1.165, 1.54) is 20.5 Å². The monoisotopic (exact) mass is 480 g/mol. The molecule has 30 heavy (non-hydrogen) atoms. The van der Waals surface area contributed by atoms with Crippen LogP contribution in [-0.2, 0) is 23.0 Å². The van der Waals surface area contributed by atoms with E-state index in [4.69, 9.17) is 5.26 Å². The fourth-order valence-corrected chi connectivity index (χ4v) is 7.20. The average molecular weight is 480 g/mol. The van der Waals surface area contributed by atoms with Crippen LogP contribution in [0.2, 0.25) is 0 Å². The van der Waals surface area contributed by atoms with Crippen molar-refractivity contribution in [1.82, 2.24) is 14.5 Å². The van der Waals surface area contributed by atoms with Gasteiger partial charge in [-0.3, -0.25) is 0 Å². The number of hydrogen-bond donors (Lipinski definition) is 0. The molecule has 2 heterocycles. The van der Waals surface area contributed by atoms with Gasteiger partial charge in [0.15, 0.2) is 0 Å². The first kappa shape index (κ1) is 20.7. The summed E-state index contributed by atoms with van der Waals surface area (Å²) in [5, 5.41) is 17.1. The molecule has 152 valence electrons. The van der Waals surface area contributed by atoms with Crippen LogP contribution in [0.15, 0.2) is 48.5 Å². The van der Waals surface area contributed by atoms with Gasteiger partial charge in [0.1, 0.15) is 0 Å². The van der Waals surface area contributed by atoms with Gasteiger partial charge in [-0.2, -0.15) is 0 Å². The summed E-state index contributed by atoms with van der Waals surface area (Å²) in [6.45, 7) is 3.03. The molecule has 0 spiro atoms. The van der Waals surface area contributed by atoms with Crippen molar-refractivity contribution in [2.45, 2.75) is 19.9 Å². The summed E-state index contributed by atoms with van der Waals surface area (Å²) in [6, 6.07) is 18.2. The Balaban J connectivity index is 1.64. The fraction of sp³-hybridized carbons (Fsp3) is 0.227. The third-order valence-electron chi connectivity index (χ3n) is 5.27. The van der Waals surface area contributed by atoms with Crippen molar-refractivity contribution in [1.29, 1.82) is 5.26 Å². The van der Waals surface area contributed by atoms with E-state index in [0.29, 0.717) is 18.8 Å². The molecule has 1 aliphatic heterocycles. The molecule has 3 aromatic rings. The molecular formula is C22H21AsN4O2S. The zero-order valence-corrected chi connectivity index (χ0v) is 19.7. The number of hydrogen-bond acceptors (Lipinski definition) is 5. The molecule has 1 unspecified atom stereocenters. The van der Waals surface area contributed by atoms with Crippen molar-refractivity contribution in [3.63, 3.8) is 0 Å². The summed E-state index contributed by atoms with van der Waals surface area (Å²) in [7, 11) is -3.18. The first-order valence-electron chi connectivity index (χ1n) is 9.53. The molecule has 6 nitrogen and oxygen atoms in total. The third kappa shape index (κ3) is 4.32. The maximum atomic E-state index is 11.9. The Labute approximate surface area is 183 Å². The summed E-state index contributed by atoms with van der Waals surface area (Å²) in [4.78, 5) is 0. The number of nitrogens with zero attached hydrogens (tertiary/aromatic N) is 4. The normalized spacial score (nSPS) is 14.6. The van der Waals surface area contributed by atoms with Gasteiger partial charge >= 0.3 is 184 Å². The molecule has 1 aliphatic rings. The Hall–Kier alpha value is -2.52. The first-order chi connectivity index (χ1) is 14.3. The van der Waals surface area contributed by atoms with E-state index in [2.05, 4.69) is 34.5 Å². The van der Waals surface area contributed by atoms with Crippen molar-refractivity contribution in [3.05, 3.63) is 70.9 Å². The Morgan fingerprint density at radius 3 is 2.67 bits per heavy atom. The number of fused-ring (bicyclic) bond motifs is 1. The minimum absolute atomic E-state index is 0.306. The van der Waals surface area contributed by atoms with Gasteiger partial charge in [0.25, 0.3) is 0 Å². The molecule has 0 saturated carbocycles. The Kier molecular flexibility index (Phi) is 5.75. The second kappa shape index (κ2) is 8.31. The molecule has 0 saturated heterocycles. The van der Waals surface area contributed by atoms with Gasteiger partial charge in [-0.05, 0) is 0 Å². The number of nitriles is 1. The topological polar surface area (TPSA) is 87.0 Å². The van der Waals surface area contributed by atoms with E-state index >= 15 is 0 Å². The summed E-state index contributed by atoms with van der Waals surface area (Å²) in [5.74, 6) is 0. The number of aromatic nitrogens is 2. The summed E-state index contributed by atoms with van der Waals surface area (Å²) in [5.41, 5.74) is 5.62. The van der Waals surface area contributed by atoms with Gasteiger partial charge in [0.2, 0.25) is 0 Å². The predicted molar refractivity (Wildman–Crippen MR) is 119 cm³/mol. The molecule has 0 radical (unpaired) electrons. The van der Waals surface area contributed by atoms with E-state index < -0.39 is 25.8 Å². The van der Waals surface area contributed by atoms with Crippen LogP contribution >= 0.6 is 0 Å². The summed E-state index contributed by atoms with van der Waals surface area (Å²) >= 11 is -0.594. The molecular weight excluding hydrogens is 459 g/mol. The molecule has 0 bridgehead atoms. The van der Waals surface area contributed by atoms with Crippen LogP contribution in [0.5, 0.6) is 0 Å². The zero-order chi connectivity index (χ0) is 21.3. The zero-order valence-electron chi connectivity index (χ0n) is 16.8. The van der Waals surface area contributed by atoms with Crippen LogP contribution in [0.3, 0.4) is 0 Å². The molecule has 8 heteroatoms. The van der Waals surface area contributed by atoms with E-state index in [1.54, 1.807) is 10.4 Å². The van der Waals surface area contributed by atoms with Gasteiger partial charge in [0, 0.05) is 0 Å². The number of benzene rings is 2. The van der Waals surface area contributed by atoms with Crippen molar-refractivity contribution < 1.29 is 8.42 Å². The van der Waals surface area contributed by atoms with E-state index in [0.717, 1.165) is 28.8 Å². The van der Waals surface area contributed by atoms with E-state index in [-0.39, 0.29) is 0 Å². The standard InChI is InChI=1S/C22H21AsN4O2S/c1-15-6-7-17(12-20(15)22-9-8-18(13-24)25-26-22)23-21-5-3-4-16-14-27(30(2,28)29)11-10-19(16)21/h3-9,12,23H,10-11,14H2,1-2H3. The van der Waals surface area contributed by atoms with Crippen LogP contribution in [-0.4, -0.2) is 51.5 Å². The first-order valence-corrected chi connectivity index (χ1v) is 13.5. The molecule has 0 amide bonds. The summed E-state index contributed by atoms with van der Waals surface area (Å²) < 4.78 is 28.0. The predicted octanol–water partition coefficient (Wildman–Crippen LogP) is 1.03. The SMILES string of the molecule is Cc1ccc([AsH]c2cccc3c2CCN(S(C)(=O)=O)C3)cc1-c1ccc(C#N)nn1. The quantitative estimate of drug-likeness (QED) is 0.521. The van der Waals surface area contributed by atoms with Crippen molar-refractivity contribution in [2.75, 3.05) is 12.8 Å². The molecule has 0 fully saturated rings. The second-order valence-corrected chi connectivity index (χ2v) is 12.2. The Morgan fingerprint density at radius 1 is 1.13 bits per heavy atom. The molecule has 0 N–H and O–H groups in total. The van der Waals surface area contributed by atoms with Gasteiger partial charge < -0.3 is 0 Å². The van der Waals surface area contributed by atoms with Crippen molar-refractivity contribution in [3.8, 4) is 17.3 Å². The molecule has 2 aromatic carbocycles. The number of aryl methyl sites for hydroxylation is 1. The summed E-state index contributed by atoms with van der Waals surface area (Å²) in [6.07, 6.45) is 2.03. The van der Waals surface area contributed by atoms with Crippen LogP contribution in [0, 0.1) is 18.3 Å². The van der Waals surface area contributed by atoms with E-state index in [1.807, 2.05) is 31.2 Å². The Bertz CT molecular complexity index is 1250. The third-order valence-corrected chi connectivity index (χ3v) is 9.33. The second-order valence-electron chi connectivity index (χ2n) is 7.36. The van der Waals surface area contributed by atoms with Crippen LogP contribution in [0.25, 0.3) is 11.3 Å². The van der Waals surface area contributed by atoms with Crippen molar-refractivity contribution in [2.24, 2.45) is 0 Å². The Morgan fingerprint density at radius 2 is 1.97 bits per heavy atom. The number of rotatable bonds is 4. The maximum absolute atomic E-state index is 11.9. The van der Waals surface area contributed by atoms with E-state index in [9.17, 15) is 8.42 Å². The molecule has 1 aromatic heterocycles. The average Bonchev–Trinajstić information content (AvgIpc) is 2.74. The van der Waals surface area contributed by atoms with Crippen molar-refractivity contribution >= 4 is 34.5 Å². The van der Waals surface area contributed by atoms with Crippen LogP contribution < -0.4 is 8.70 Å².